The van der Waals surface area contributed by atoms with Crippen molar-refractivity contribution in [2.24, 2.45) is 5.73 Å². The molecule has 0 spiro atoms. The van der Waals surface area contributed by atoms with Gasteiger partial charge in [0.05, 0.1) is 17.5 Å². The standard InChI is InChI=1S/C46H51FN8O10/c1-3-53-26-35(44(59)60)41(56)34-24-36(47)40(25-39(34)53)54-18-20-55(21-19-54)46(62)65-28-31-13-15-32(16-14-31)51-42(57)37(12-7-17-49-45(48)61)52-43(58)38(23-33-11-8-22-63-33)50-29(2)64-27-30-9-5-4-6-10-30/h4-6,8-11,13-16,22,24-26,37-38,50H,2-3,7,12,17-21,23,27-28H2,1H3,(H,51,57)(H,52,58)(H,59,60)(H3,48,49,61)/t37-,38-/m0/s1. The zero-order valence-corrected chi connectivity index (χ0v) is 35.7. The lowest BCUT2D eigenvalue weighted by Gasteiger charge is -2.35. The van der Waals surface area contributed by atoms with E-state index in [-0.39, 0.29) is 75.7 Å². The van der Waals surface area contributed by atoms with Gasteiger partial charge in [-0.2, -0.15) is 0 Å². The quantitative estimate of drug-likeness (QED) is 0.0462. The predicted molar refractivity (Wildman–Crippen MR) is 238 cm³/mol. The number of halogens is 1. The fourth-order valence-corrected chi connectivity index (χ4v) is 7.21. The number of pyridine rings is 1. The number of nitrogens with zero attached hydrogens (tertiary/aromatic N) is 3. The zero-order valence-electron chi connectivity index (χ0n) is 35.7. The predicted octanol–water partition coefficient (Wildman–Crippen LogP) is 4.67. The summed E-state index contributed by atoms with van der Waals surface area (Å²) in [4.78, 5) is 79.5. The number of primary amides is 1. The number of aromatic nitrogens is 1. The molecule has 5 aromatic rings. The highest BCUT2D eigenvalue weighted by atomic mass is 19.1. The lowest BCUT2D eigenvalue weighted by molar-refractivity contribution is -0.128. The normalized spacial score (nSPS) is 13.3. The number of furan rings is 1. The highest BCUT2D eigenvalue weighted by molar-refractivity contribution is 5.98. The molecule has 0 aliphatic carbocycles. The molecule has 65 heavy (non-hydrogen) atoms. The summed E-state index contributed by atoms with van der Waals surface area (Å²) in [6.07, 6.45) is 2.74. The van der Waals surface area contributed by atoms with Crippen LogP contribution in [0.5, 0.6) is 0 Å². The van der Waals surface area contributed by atoms with E-state index in [4.69, 9.17) is 19.6 Å². The molecule has 2 aromatic heterocycles. The van der Waals surface area contributed by atoms with Gasteiger partial charge in [0.15, 0.2) is 5.88 Å². The highest BCUT2D eigenvalue weighted by Gasteiger charge is 2.28. The topological polar surface area (TPSA) is 240 Å². The van der Waals surface area contributed by atoms with Crippen LogP contribution in [-0.2, 0) is 45.2 Å². The van der Waals surface area contributed by atoms with Gasteiger partial charge in [0.25, 0.3) is 0 Å². The number of amides is 5. The number of urea groups is 1. The fourth-order valence-electron chi connectivity index (χ4n) is 7.21. The highest BCUT2D eigenvalue weighted by Crippen LogP contribution is 2.27. The maximum absolute atomic E-state index is 15.4. The molecule has 6 rings (SSSR count). The van der Waals surface area contributed by atoms with Crippen LogP contribution in [-0.4, -0.2) is 89.3 Å². The average Bonchev–Trinajstić information content (AvgIpc) is 3.82. The lowest BCUT2D eigenvalue weighted by Crippen LogP contribution is -2.52. The van der Waals surface area contributed by atoms with E-state index < -0.39 is 58.8 Å². The van der Waals surface area contributed by atoms with Gasteiger partial charge in [0.2, 0.25) is 17.2 Å². The van der Waals surface area contributed by atoms with Gasteiger partial charge < -0.3 is 60.4 Å². The SMILES string of the molecule is C=C(N[C@@H](Cc1ccco1)C(=O)N[C@@H](CCCNC(N)=O)C(=O)Nc1ccc(COC(=O)N2CCN(c3cc4c(cc3F)c(=O)c(C(=O)O)cn4CC)CC2)cc1)OCc1ccccc1. The van der Waals surface area contributed by atoms with Crippen LogP contribution in [0.4, 0.5) is 25.4 Å². The van der Waals surface area contributed by atoms with E-state index in [1.807, 2.05) is 30.3 Å². The summed E-state index contributed by atoms with van der Waals surface area (Å²) in [7, 11) is 0. The van der Waals surface area contributed by atoms with Crippen LogP contribution in [0.1, 0.15) is 47.0 Å². The van der Waals surface area contributed by atoms with E-state index in [1.54, 1.807) is 52.8 Å². The number of nitrogens with one attached hydrogen (secondary N) is 4. The van der Waals surface area contributed by atoms with E-state index in [9.17, 15) is 33.9 Å². The van der Waals surface area contributed by atoms with E-state index in [2.05, 4.69) is 27.8 Å². The van der Waals surface area contributed by atoms with E-state index in [0.717, 1.165) is 11.6 Å². The smallest absolute Gasteiger partial charge is 0.410 e. The Morgan fingerprint density at radius 1 is 0.892 bits per heavy atom. The van der Waals surface area contributed by atoms with Crippen LogP contribution in [0.25, 0.3) is 10.9 Å². The van der Waals surface area contributed by atoms with Crippen molar-refractivity contribution in [3.05, 3.63) is 142 Å². The molecule has 18 nitrogen and oxygen atoms in total. The fraction of sp³-hybridized carbons (Fsp3) is 0.304. The number of aryl methyl sites for hydroxylation is 1. The van der Waals surface area contributed by atoms with Crippen molar-refractivity contribution in [1.29, 1.82) is 0 Å². The zero-order chi connectivity index (χ0) is 46.5. The summed E-state index contributed by atoms with van der Waals surface area (Å²) in [6, 6.07) is 19.3. The first-order chi connectivity index (χ1) is 31.3. The monoisotopic (exact) mass is 894 g/mol. The number of carboxylic acid groups (broad SMARTS) is 1. The van der Waals surface area contributed by atoms with Crippen molar-refractivity contribution in [2.45, 2.75) is 58.0 Å². The molecule has 0 radical (unpaired) electrons. The molecule has 2 atom stereocenters. The molecule has 0 unspecified atom stereocenters. The first kappa shape index (κ1) is 46.7. The molecule has 342 valence electrons. The number of aromatic carboxylic acids is 1. The molecule has 19 heteroatoms. The van der Waals surface area contributed by atoms with Crippen LogP contribution in [0.3, 0.4) is 0 Å². The Morgan fingerprint density at radius 2 is 1.60 bits per heavy atom. The van der Waals surface area contributed by atoms with Gasteiger partial charge in [-0.25, -0.2) is 18.8 Å². The summed E-state index contributed by atoms with van der Waals surface area (Å²) >= 11 is 0. The van der Waals surface area contributed by atoms with E-state index >= 15 is 4.39 Å². The van der Waals surface area contributed by atoms with Gasteiger partial charge in [0, 0.05) is 63.0 Å². The molecule has 1 aliphatic rings. The van der Waals surface area contributed by atoms with Crippen molar-refractivity contribution < 1.29 is 47.4 Å². The molecular formula is C46H51FN8O10. The minimum Gasteiger partial charge on any atom is -0.477 e. The largest absolute Gasteiger partial charge is 0.477 e. The Bertz CT molecular complexity index is 2540. The third-order valence-electron chi connectivity index (χ3n) is 10.7. The van der Waals surface area contributed by atoms with Crippen LogP contribution in [0.15, 0.2) is 113 Å². The molecule has 1 aliphatic heterocycles. The summed E-state index contributed by atoms with van der Waals surface area (Å²) in [5, 5.41) is 20.5. The molecule has 3 aromatic carbocycles. The number of carbonyl (C=O) groups excluding carboxylic acids is 4. The molecule has 7 N–H and O–H groups in total. The number of piperazine rings is 1. The summed E-state index contributed by atoms with van der Waals surface area (Å²) in [6.45, 7) is 7.38. The summed E-state index contributed by atoms with van der Waals surface area (Å²) in [5.41, 5.74) is 6.58. The molecule has 1 saturated heterocycles. The maximum atomic E-state index is 15.4. The molecule has 3 heterocycles. The van der Waals surface area contributed by atoms with Gasteiger partial charge in [0.1, 0.15) is 42.4 Å². The van der Waals surface area contributed by atoms with Crippen LogP contribution in [0.2, 0.25) is 0 Å². The first-order valence-corrected chi connectivity index (χ1v) is 20.9. The minimum atomic E-state index is -1.39. The average molecular weight is 895 g/mol. The van der Waals surface area contributed by atoms with Gasteiger partial charge in [-0.3, -0.25) is 14.4 Å². The molecular weight excluding hydrogens is 844 g/mol. The van der Waals surface area contributed by atoms with Crippen molar-refractivity contribution >= 4 is 52.2 Å². The van der Waals surface area contributed by atoms with E-state index in [1.165, 1.54) is 23.4 Å². The Labute approximate surface area is 373 Å². The number of rotatable bonds is 20. The van der Waals surface area contributed by atoms with Crippen LogP contribution >= 0.6 is 0 Å². The number of carboxylic acids is 1. The number of anilines is 2. The maximum Gasteiger partial charge on any atom is 0.410 e. The van der Waals surface area contributed by atoms with Crippen molar-refractivity contribution in [3.8, 4) is 0 Å². The first-order valence-electron chi connectivity index (χ1n) is 20.9. The minimum absolute atomic E-state index is 0.0294. The second-order valence-electron chi connectivity index (χ2n) is 15.2. The third-order valence-corrected chi connectivity index (χ3v) is 10.7. The number of hydrogen-bond acceptors (Lipinski definition) is 11. The Hall–Kier alpha value is -7.83. The molecule has 0 bridgehead atoms. The third kappa shape index (κ3) is 12.6. The second kappa shape index (κ2) is 22.0. The Kier molecular flexibility index (Phi) is 15.8. The molecule has 5 amide bonds. The second-order valence-corrected chi connectivity index (χ2v) is 15.2. The van der Waals surface area contributed by atoms with Gasteiger partial charge in [-0.15, -0.1) is 0 Å². The van der Waals surface area contributed by atoms with Crippen molar-refractivity contribution in [2.75, 3.05) is 42.9 Å². The Morgan fingerprint density at radius 3 is 2.26 bits per heavy atom. The number of nitrogens with two attached hydrogens (primary N) is 1. The van der Waals surface area contributed by atoms with E-state index in [0.29, 0.717) is 35.5 Å². The van der Waals surface area contributed by atoms with Crippen molar-refractivity contribution in [1.82, 2.24) is 25.4 Å². The van der Waals surface area contributed by atoms with Crippen LogP contribution < -0.4 is 37.3 Å². The van der Waals surface area contributed by atoms with Crippen molar-refractivity contribution in [3.63, 3.8) is 0 Å². The number of fused-ring (bicyclic) bond motifs is 1. The van der Waals surface area contributed by atoms with Gasteiger partial charge >= 0.3 is 18.1 Å². The number of hydrogen-bond donors (Lipinski definition) is 6. The number of benzene rings is 3. The Balaban J connectivity index is 1.03. The van der Waals surface area contributed by atoms with Gasteiger partial charge in [-0.1, -0.05) is 42.5 Å². The molecule has 1 fully saturated rings. The number of carbonyl (C=O) groups is 5. The van der Waals surface area contributed by atoms with Crippen LogP contribution in [0, 0.1) is 5.82 Å². The number of ether oxygens (including phenoxy) is 2. The van der Waals surface area contributed by atoms with Gasteiger partial charge in [-0.05, 0) is 73.9 Å². The summed E-state index contributed by atoms with van der Waals surface area (Å²) in [5.74, 6) is -2.48. The molecule has 0 saturated carbocycles. The summed E-state index contributed by atoms with van der Waals surface area (Å²) < 4.78 is 33.8. The lowest BCUT2D eigenvalue weighted by atomic mass is 10.1.